The largest absolute Gasteiger partial charge is 0.395 e. The van der Waals surface area contributed by atoms with Gasteiger partial charge in [-0.2, -0.15) is 0 Å². The SMILES string of the molecule is [2H]C([2H])(O)C(N)C1C([2H])([2H])C1([2H])[2H]. The van der Waals surface area contributed by atoms with Crippen molar-refractivity contribution in [2.75, 3.05) is 6.56 Å². The van der Waals surface area contributed by atoms with Crippen molar-refractivity contribution in [3.05, 3.63) is 0 Å². The fraction of sp³-hybridized carbons (Fsp3) is 1.00. The molecule has 0 heterocycles. The summed E-state index contributed by atoms with van der Waals surface area (Å²) < 4.78 is 42.3. The molecule has 1 fully saturated rings. The smallest absolute Gasteiger partial charge is 0.0585 e. The lowest BCUT2D eigenvalue weighted by molar-refractivity contribution is 0.254. The van der Waals surface area contributed by atoms with Crippen molar-refractivity contribution >= 4 is 0 Å². The van der Waals surface area contributed by atoms with E-state index >= 15 is 0 Å². The van der Waals surface area contributed by atoms with Crippen molar-refractivity contribution in [1.29, 1.82) is 0 Å². The van der Waals surface area contributed by atoms with E-state index in [2.05, 4.69) is 0 Å². The second-order valence-corrected chi connectivity index (χ2v) is 1.42. The molecular formula is C5H11NO. The van der Waals surface area contributed by atoms with Gasteiger partial charge in [-0.3, -0.25) is 0 Å². The van der Waals surface area contributed by atoms with E-state index in [1.165, 1.54) is 0 Å². The minimum atomic E-state index is -2.75. The summed E-state index contributed by atoms with van der Waals surface area (Å²) in [4.78, 5) is 0. The number of hydrogen-bond donors (Lipinski definition) is 2. The first-order valence-electron chi connectivity index (χ1n) is 5.01. The molecule has 1 unspecified atom stereocenters. The highest BCUT2D eigenvalue weighted by molar-refractivity contribution is 4.82. The molecule has 0 radical (unpaired) electrons. The highest BCUT2D eigenvalue weighted by Crippen LogP contribution is 2.30. The molecule has 3 N–H and O–H groups in total. The molecule has 2 nitrogen and oxygen atoms in total. The van der Waals surface area contributed by atoms with Crippen LogP contribution in [0.5, 0.6) is 0 Å². The highest BCUT2D eigenvalue weighted by atomic mass is 16.3. The fourth-order valence-electron chi connectivity index (χ4n) is 0.302. The Kier molecular flexibility index (Phi) is 0.374. The lowest BCUT2D eigenvalue weighted by atomic mass is 10.2. The van der Waals surface area contributed by atoms with E-state index in [1.54, 1.807) is 0 Å². The highest BCUT2D eigenvalue weighted by Gasteiger charge is 2.27. The third-order valence-corrected chi connectivity index (χ3v) is 0.819. The van der Waals surface area contributed by atoms with Crippen LogP contribution < -0.4 is 5.73 Å². The van der Waals surface area contributed by atoms with Crippen LogP contribution in [0.1, 0.15) is 21.0 Å². The van der Waals surface area contributed by atoms with Crippen LogP contribution in [0.15, 0.2) is 0 Å². The van der Waals surface area contributed by atoms with Crippen molar-refractivity contribution < 1.29 is 13.3 Å². The van der Waals surface area contributed by atoms with E-state index in [1.807, 2.05) is 0 Å². The Morgan fingerprint density at radius 1 is 2.14 bits per heavy atom. The van der Waals surface area contributed by atoms with Crippen molar-refractivity contribution in [2.24, 2.45) is 11.7 Å². The molecule has 0 bridgehead atoms. The Balaban J connectivity index is 2.80. The van der Waals surface area contributed by atoms with Gasteiger partial charge in [-0.15, -0.1) is 0 Å². The maximum Gasteiger partial charge on any atom is 0.0585 e. The molecule has 42 valence electrons. The van der Waals surface area contributed by atoms with Crippen LogP contribution in [0.25, 0.3) is 0 Å². The Bertz CT molecular complexity index is 210. The fourth-order valence-corrected chi connectivity index (χ4v) is 0.302. The van der Waals surface area contributed by atoms with E-state index in [4.69, 9.17) is 19.1 Å². The molecule has 1 atom stereocenters. The molecule has 0 amide bonds. The summed E-state index contributed by atoms with van der Waals surface area (Å²) in [5, 5.41) is 8.84. The van der Waals surface area contributed by atoms with Gasteiger partial charge >= 0.3 is 0 Å². The minimum Gasteiger partial charge on any atom is -0.395 e. The minimum absolute atomic E-state index is 1.29. The van der Waals surface area contributed by atoms with Crippen LogP contribution >= 0.6 is 0 Å². The Hall–Kier alpha value is -0.0800. The topological polar surface area (TPSA) is 46.2 Å². The molecule has 0 aromatic carbocycles. The molecule has 0 saturated heterocycles. The van der Waals surface area contributed by atoms with Crippen LogP contribution in [0.4, 0.5) is 0 Å². The van der Waals surface area contributed by atoms with Gasteiger partial charge in [-0.25, -0.2) is 0 Å². The molecule has 0 aromatic heterocycles. The third-order valence-electron chi connectivity index (χ3n) is 0.819. The summed E-state index contributed by atoms with van der Waals surface area (Å²) in [6.45, 7) is -2.75. The first kappa shape index (κ1) is 1.45. The molecule has 2 heteroatoms. The first-order valence-corrected chi connectivity index (χ1v) is 2.01. The summed E-state index contributed by atoms with van der Waals surface area (Å²) in [6, 6.07) is -1.54. The van der Waals surface area contributed by atoms with Gasteiger partial charge in [-0.1, -0.05) is 0 Å². The van der Waals surface area contributed by atoms with Gasteiger partial charge in [-0.05, 0) is 18.7 Å². The first-order chi connectivity index (χ1) is 5.53. The van der Waals surface area contributed by atoms with E-state index in [9.17, 15) is 0 Å². The summed E-state index contributed by atoms with van der Waals surface area (Å²) in [7, 11) is 0. The van der Waals surface area contributed by atoms with E-state index in [0.29, 0.717) is 0 Å². The van der Waals surface area contributed by atoms with Crippen molar-refractivity contribution in [2.45, 2.75) is 18.8 Å². The summed E-state index contributed by atoms with van der Waals surface area (Å²) in [5.41, 5.74) is 5.20. The molecule has 1 saturated carbocycles. The van der Waals surface area contributed by atoms with Gasteiger partial charge in [0.2, 0.25) is 0 Å². The van der Waals surface area contributed by atoms with Gasteiger partial charge in [0.1, 0.15) is 0 Å². The monoisotopic (exact) mass is 107 g/mol. The summed E-state index contributed by atoms with van der Waals surface area (Å²) in [6.07, 6.45) is -4.30. The van der Waals surface area contributed by atoms with Crippen molar-refractivity contribution in [3.8, 4) is 0 Å². The van der Waals surface area contributed by atoms with Crippen LogP contribution in [-0.4, -0.2) is 17.7 Å². The third kappa shape index (κ3) is 1.14. The van der Waals surface area contributed by atoms with Crippen LogP contribution in [0.2, 0.25) is 0 Å². The van der Waals surface area contributed by atoms with E-state index in [-0.39, 0.29) is 0 Å². The standard InChI is InChI=1S/C5H11NO/c6-5(3-7)4-1-2-4/h4-5,7H,1-3,6H2/i1D2,2D2,3D2. The van der Waals surface area contributed by atoms with Crippen LogP contribution in [0.3, 0.4) is 0 Å². The number of rotatable bonds is 2. The zero-order valence-electron chi connectivity index (χ0n) is 9.68. The lowest BCUT2D eigenvalue weighted by Gasteiger charge is -2.01. The van der Waals surface area contributed by atoms with Gasteiger partial charge in [0, 0.05) is 11.5 Å². The predicted octanol–water partition coefficient (Wildman–Crippen LogP) is -0.284. The maximum atomic E-state index is 8.84. The number of aliphatic hydroxyl groups is 1. The van der Waals surface area contributed by atoms with E-state index < -0.39 is 31.3 Å². The van der Waals surface area contributed by atoms with Gasteiger partial charge in [0.05, 0.1) is 9.30 Å². The average molecular weight is 107 g/mol. The molecule has 0 aromatic rings. The van der Waals surface area contributed by atoms with Crippen molar-refractivity contribution in [1.82, 2.24) is 0 Å². The lowest BCUT2D eigenvalue weighted by Crippen LogP contribution is -2.26. The number of nitrogens with two attached hydrogens (primary N) is 1. The predicted molar refractivity (Wildman–Crippen MR) is 27.8 cm³/mol. The van der Waals surface area contributed by atoms with Crippen LogP contribution in [0, 0.1) is 5.92 Å². The molecule has 1 aliphatic carbocycles. The average Bonchev–Trinajstić information content (AvgIpc) is 2.21. The zero-order valence-corrected chi connectivity index (χ0v) is 3.68. The van der Waals surface area contributed by atoms with Gasteiger partial charge in [0.25, 0.3) is 0 Å². The molecular weight excluding hydrogens is 90.1 g/mol. The van der Waals surface area contributed by atoms with E-state index in [0.717, 1.165) is 0 Å². The molecule has 0 spiro atoms. The van der Waals surface area contributed by atoms with Crippen molar-refractivity contribution in [3.63, 3.8) is 0 Å². The Morgan fingerprint density at radius 2 is 2.71 bits per heavy atom. The molecule has 0 aliphatic heterocycles. The Labute approximate surface area is 51.8 Å². The quantitative estimate of drug-likeness (QED) is 0.509. The summed E-state index contributed by atoms with van der Waals surface area (Å²) >= 11 is 0. The number of hydrogen-bond acceptors (Lipinski definition) is 2. The Morgan fingerprint density at radius 3 is 2.86 bits per heavy atom. The maximum absolute atomic E-state index is 8.84. The second kappa shape index (κ2) is 1.80. The van der Waals surface area contributed by atoms with Gasteiger partial charge in [0.15, 0.2) is 0 Å². The normalized spacial score (nSPS) is 54.0. The molecule has 7 heavy (non-hydrogen) atoms. The van der Waals surface area contributed by atoms with Gasteiger partial charge < -0.3 is 10.8 Å². The zero-order chi connectivity index (χ0) is 10.7. The second-order valence-electron chi connectivity index (χ2n) is 1.42. The van der Waals surface area contributed by atoms with Crippen LogP contribution in [-0.2, 0) is 0 Å². The molecule has 1 rings (SSSR count). The molecule has 1 aliphatic rings. The summed E-state index contributed by atoms with van der Waals surface area (Å²) in [5.74, 6) is -1.29.